The zero-order valence-corrected chi connectivity index (χ0v) is 12.6. The summed E-state index contributed by atoms with van der Waals surface area (Å²) in [4.78, 5) is 5.60. The maximum atomic E-state index is 5.17. The number of fused-ring (bicyclic) bond motifs is 1. The number of ether oxygens (including phenoxy) is 1. The second-order valence-electron chi connectivity index (χ2n) is 5.18. The Kier molecular flexibility index (Phi) is 3.44. The molecule has 2 heterocycles. The van der Waals surface area contributed by atoms with Crippen LogP contribution in [0.5, 0.6) is 5.75 Å². The van der Waals surface area contributed by atoms with Crippen molar-refractivity contribution in [2.75, 3.05) is 7.11 Å². The number of rotatable bonds is 4. The van der Waals surface area contributed by atoms with Crippen LogP contribution in [0.25, 0.3) is 16.2 Å². The molecule has 3 aromatic rings. The fourth-order valence-electron chi connectivity index (χ4n) is 2.07. The van der Waals surface area contributed by atoms with Gasteiger partial charge in [-0.05, 0) is 30.2 Å². The highest BCUT2D eigenvalue weighted by Crippen LogP contribution is 2.24. The minimum absolute atomic E-state index is 0.618. The first-order chi connectivity index (χ1) is 9.65. The zero-order valence-electron chi connectivity index (χ0n) is 11.8. The molecule has 5 heteroatoms. The number of methoxy groups -OCH3 is 1. The summed E-state index contributed by atoms with van der Waals surface area (Å²) in [6, 6.07) is 7.92. The van der Waals surface area contributed by atoms with E-state index in [1.165, 1.54) is 0 Å². The Hall–Kier alpha value is -1.88. The van der Waals surface area contributed by atoms with Crippen LogP contribution in [0.2, 0.25) is 0 Å². The van der Waals surface area contributed by atoms with E-state index in [2.05, 4.69) is 23.9 Å². The van der Waals surface area contributed by atoms with E-state index in [0.717, 1.165) is 33.4 Å². The van der Waals surface area contributed by atoms with Crippen LogP contribution in [-0.4, -0.2) is 21.7 Å². The summed E-state index contributed by atoms with van der Waals surface area (Å²) in [5, 5.41) is 5.72. The minimum Gasteiger partial charge on any atom is -0.497 e. The van der Waals surface area contributed by atoms with Crippen molar-refractivity contribution in [1.82, 2.24) is 14.6 Å². The first-order valence-electron chi connectivity index (χ1n) is 6.65. The summed E-state index contributed by atoms with van der Waals surface area (Å²) in [7, 11) is 1.67. The first-order valence-corrected chi connectivity index (χ1v) is 7.47. The molecule has 0 aliphatic rings. The fraction of sp³-hybridized carbons (Fsp3) is 0.333. The van der Waals surface area contributed by atoms with E-state index in [-0.39, 0.29) is 0 Å². The third kappa shape index (κ3) is 2.54. The van der Waals surface area contributed by atoms with Crippen LogP contribution >= 0.6 is 11.3 Å². The number of aromatic nitrogens is 3. The molecule has 0 aliphatic heterocycles. The van der Waals surface area contributed by atoms with Crippen LogP contribution in [0.15, 0.2) is 30.5 Å². The summed E-state index contributed by atoms with van der Waals surface area (Å²) in [6.07, 6.45) is 2.99. The van der Waals surface area contributed by atoms with Gasteiger partial charge < -0.3 is 4.74 Å². The molecule has 0 bridgehead atoms. The Morgan fingerprint density at radius 1 is 1.25 bits per heavy atom. The van der Waals surface area contributed by atoms with Gasteiger partial charge in [-0.15, -0.1) is 0 Å². The molecule has 0 unspecified atom stereocenters. The molecule has 0 saturated carbocycles. The van der Waals surface area contributed by atoms with Crippen molar-refractivity contribution < 1.29 is 4.74 Å². The van der Waals surface area contributed by atoms with E-state index in [1.807, 2.05) is 35.0 Å². The molecule has 0 spiro atoms. The lowest BCUT2D eigenvalue weighted by atomic mass is 10.1. The van der Waals surface area contributed by atoms with E-state index in [9.17, 15) is 0 Å². The molecule has 4 nitrogen and oxygen atoms in total. The average Bonchev–Trinajstić information content (AvgIpc) is 2.96. The smallest absolute Gasteiger partial charge is 0.212 e. The van der Waals surface area contributed by atoms with Crippen LogP contribution in [-0.2, 0) is 6.42 Å². The van der Waals surface area contributed by atoms with E-state index in [4.69, 9.17) is 4.74 Å². The summed E-state index contributed by atoms with van der Waals surface area (Å²) >= 11 is 1.66. The quantitative estimate of drug-likeness (QED) is 0.735. The number of hydrogen-bond acceptors (Lipinski definition) is 4. The second-order valence-corrected chi connectivity index (χ2v) is 6.22. The van der Waals surface area contributed by atoms with Crippen molar-refractivity contribution >= 4 is 16.3 Å². The molecule has 2 aromatic heterocycles. The molecule has 0 amide bonds. The highest BCUT2D eigenvalue weighted by Gasteiger charge is 2.10. The SMILES string of the molecule is COc1ccc(-c2cn3nc(CC(C)C)sc3n2)cc1. The van der Waals surface area contributed by atoms with Gasteiger partial charge in [0.25, 0.3) is 0 Å². The van der Waals surface area contributed by atoms with Crippen molar-refractivity contribution in [2.45, 2.75) is 20.3 Å². The minimum atomic E-state index is 0.618. The van der Waals surface area contributed by atoms with Gasteiger partial charge in [0.2, 0.25) is 4.96 Å². The van der Waals surface area contributed by atoms with Crippen LogP contribution in [0.1, 0.15) is 18.9 Å². The van der Waals surface area contributed by atoms with Crippen LogP contribution in [0, 0.1) is 5.92 Å². The molecule has 3 rings (SSSR count). The van der Waals surface area contributed by atoms with Gasteiger partial charge >= 0.3 is 0 Å². The summed E-state index contributed by atoms with van der Waals surface area (Å²) in [6.45, 7) is 4.40. The normalized spacial score (nSPS) is 11.4. The monoisotopic (exact) mass is 287 g/mol. The van der Waals surface area contributed by atoms with Crippen LogP contribution < -0.4 is 4.74 Å². The van der Waals surface area contributed by atoms with Crippen LogP contribution in [0.4, 0.5) is 0 Å². The predicted octanol–water partition coefficient (Wildman–Crippen LogP) is 3.66. The summed E-state index contributed by atoms with van der Waals surface area (Å²) in [5.74, 6) is 1.47. The Morgan fingerprint density at radius 3 is 2.60 bits per heavy atom. The first kappa shape index (κ1) is 13.1. The largest absolute Gasteiger partial charge is 0.497 e. The molecule has 0 N–H and O–H groups in total. The maximum absolute atomic E-state index is 5.17. The topological polar surface area (TPSA) is 39.4 Å². The van der Waals surface area contributed by atoms with E-state index in [0.29, 0.717) is 5.92 Å². The van der Waals surface area contributed by atoms with E-state index < -0.39 is 0 Å². The molecule has 0 saturated heterocycles. The maximum Gasteiger partial charge on any atom is 0.212 e. The van der Waals surface area contributed by atoms with Crippen LogP contribution in [0.3, 0.4) is 0 Å². The molecule has 1 aromatic carbocycles. The molecule has 20 heavy (non-hydrogen) atoms. The predicted molar refractivity (Wildman–Crippen MR) is 81.4 cm³/mol. The van der Waals surface area contributed by atoms with Crippen molar-refractivity contribution in [3.05, 3.63) is 35.5 Å². The third-order valence-corrected chi connectivity index (χ3v) is 4.00. The standard InChI is InChI=1S/C15H17N3OS/c1-10(2)8-14-17-18-9-13(16-15(18)20-14)11-4-6-12(19-3)7-5-11/h4-7,9-10H,8H2,1-3H3. The van der Waals surface area contributed by atoms with Gasteiger partial charge in [0, 0.05) is 12.0 Å². The van der Waals surface area contributed by atoms with Gasteiger partial charge in [0.05, 0.1) is 19.0 Å². The van der Waals surface area contributed by atoms with Gasteiger partial charge in [-0.1, -0.05) is 25.2 Å². The summed E-state index contributed by atoms with van der Waals surface area (Å²) in [5.41, 5.74) is 2.02. The highest BCUT2D eigenvalue weighted by molar-refractivity contribution is 7.16. The van der Waals surface area contributed by atoms with Gasteiger partial charge in [-0.25, -0.2) is 9.50 Å². The lowest BCUT2D eigenvalue weighted by Crippen LogP contribution is -1.94. The molecule has 0 fully saturated rings. The lowest BCUT2D eigenvalue weighted by Gasteiger charge is -2.00. The molecular weight excluding hydrogens is 270 g/mol. The van der Waals surface area contributed by atoms with Gasteiger partial charge in [-0.2, -0.15) is 5.10 Å². The Labute approximate surface area is 122 Å². The van der Waals surface area contributed by atoms with Gasteiger partial charge in [-0.3, -0.25) is 0 Å². The Bertz CT molecular complexity index is 681. The summed E-state index contributed by atoms with van der Waals surface area (Å²) < 4.78 is 7.04. The van der Waals surface area contributed by atoms with E-state index in [1.54, 1.807) is 18.4 Å². The van der Waals surface area contributed by atoms with E-state index >= 15 is 0 Å². The fourth-order valence-corrected chi connectivity index (χ4v) is 3.16. The molecule has 0 aliphatic carbocycles. The molecular formula is C15H17N3OS. The Balaban J connectivity index is 1.90. The number of hydrogen-bond donors (Lipinski definition) is 0. The van der Waals surface area contributed by atoms with Crippen molar-refractivity contribution in [1.29, 1.82) is 0 Å². The molecule has 0 radical (unpaired) electrons. The van der Waals surface area contributed by atoms with Crippen molar-refractivity contribution in [3.8, 4) is 17.0 Å². The lowest BCUT2D eigenvalue weighted by molar-refractivity contribution is 0.415. The number of nitrogens with zero attached hydrogens (tertiary/aromatic N) is 3. The average molecular weight is 287 g/mol. The third-order valence-electron chi connectivity index (χ3n) is 3.05. The zero-order chi connectivity index (χ0) is 14.1. The second kappa shape index (κ2) is 5.25. The Morgan fingerprint density at radius 2 is 2.00 bits per heavy atom. The number of imidazole rings is 1. The molecule has 0 atom stereocenters. The van der Waals surface area contributed by atoms with Crippen molar-refractivity contribution in [2.24, 2.45) is 5.92 Å². The van der Waals surface area contributed by atoms with Crippen molar-refractivity contribution in [3.63, 3.8) is 0 Å². The molecule has 104 valence electrons. The van der Waals surface area contributed by atoms with Gasteiger partial charge in [0.1, 0.15) is 10.8 Å². The van der Waals surface area contributed by atoms with Gasteiger partial charge in [0.15, 0.2) is 0 Å². The highest BCUT2D eigenvalue weighted by atomic mass is 32.1. The number of benzene rings is 1.